The molecule has 0 spiro atoms. The van der Waals surface area contributed by atoms with Crippen molar-refractivity contribution < 1.29 is 19.8 Å². The van der Waals surface area contributed by atoms with E-state index in [2.05, 4.69) is 15.3 Å². The van der Waals surface area contributed by atoms with Crippen LogP contribution in [-0.2, 0) is 16.0 Å². The molecule has 0 fully saturated rings. The molecule has 7 heteroatoms. The molecule has 1 heterocycles. The average Bonchev–Trinajstić information content (AvgIpc) is 2.99. The number of aliphatic carboxylic acids is 1. The summed E-state index contributed by atoms with van der Waals surface area (Å²) >= 11 is 0. The van der Waals surface area contributed by atoms with E-state index in [1.165, 1.54) is 12.5 Å². The fourth-order valence-electron chi connectivity index (χ4n) is 1.85. The number of aliphatic hydroxyl groups excluding tert-OH is 1. The van der Waals surface area contributed by atoms with Crippen LogP contribution in [-0.4, -0.2) is 38.1 Å². The van der Waals surface area contributed by atoms with Crippen LogP contribution in [0.2, 0.25) is 0 Å². The fourth-order valence-corrected chi connectivity index (χ4v) is 1.85. The van der Waals surface area contributed by atoms with Gasteiger partial charge in [0.1, 0.15) is 6.04 Å². The Morgan fingerprint density at radius 2 is 2.00 bits per heavy atom. The number of aromatic amines is 1. The summed E-state index contributed by atoms with van der Waals surface area (Å²) in [6.07, 6.45) is 1.56. The van der Waals surface area contributed by atoms with Crippen molar-refractivity contribution in [1.82, 2.24) is 15.3 Å². The molecule has 2 aromatic rings. The summed E-state index contributed by atoms with van der Waals surface area (Å²) in [5.74, 6) is -1.94. The van der Waals surface area contributed by atoms with Crippen LogP contribution in [0.1, 0.15) is 17.4 Å². The van der Waals surface area contributed by atoms with Gasteiger partial charge in [-0.05, 0) is 5.56 Å². The highest BCUT2D eigenvalue weighted by atomic mass is 16.4. The number of carbonyl (C=O) groups excluding carboxylic acids is 1. The minimum absolute atomic E-state index is 0.0581. The van der Waals surface area contributed by atoms with E-state index in [0.717, 1.165) is 0 Å². The van der Waals surface area contributed by atoms with Gasteiger partial charge in [-0.15, -0.1) is 0 Å². The highest BCUT2D eigenvalue weighted by Gasteiger charge is 2.25. The first-order valence-electron chi connectivity index (χ1n) is 6.31. The summed E-state index contributed by atoms with van der Waals surface area (Å²) in [6.45, 7) is 0. The predicted molar refractivity (Wildman–Crippen MR) is 73.3 cm³/mol. The molecule has 2 atom stereocenters. The first-order chi connectivity index (χ1) is 10.1. The first-order valence-corrected chi connectivity index (χ1v) is 6.31. The molecule has 21 heavy (non-hydrogen) atoms. The molecule has 0 aliphatic rings. The number of carbonyl (C=O) groups is 2. The number of imidazole rings is 1. The maximum absolute atomic E-state index is 11.9. The van der Waals surface area contributed by atoms with Crippen LogP contribution in [0.15, 0.2) is 42.9 Å². The molecule has 0 saturated carbocycles. The van der Waals surface area contributed by atoms with Crippen molar-refractivity contribution in [2.24, 2.45) is 0 Å². The third-order valence-electron chi connectivity index (χ3n) is 2.96. The van der Waals surface area contributed by atoms with Crippen LogP contribution >= 0.6 is 0 Å². The van der Waals surface area contributed by atoms with Crippen LogP contribution in [0.5, 0.6) is 0 Å². The minimum atomic E-state index is -1.41. The van der Waals surface area contributed by atoms with Gasteiger partial charge < -0.3 is 20.5 Å². The zero-order valence-electron chi connectivity index (χ0n) is 11.1. The molecular weight excluding hydrogens is 274 g/mol. The molecule has 110 valence electrons. The normalized spacial score (nSPS) is 13.4. The van der Waals surface area contributed by atoms with Crippen molar-refractivity contribution in [3.05, 3.63) is 54.1 Å². The molecule has 1 amide bonds. The second kappa shape index (κ2) is 6.67. The third kappa shape index (κ3) is 3.90. The summed E-state index contributed by atoms with van der Waals surface area (Å²) in [5, 5.41) is 21.4. The molecule has 2 rings (SSSR count). The van der Waals surface area contributed by atoms with E-state index in [1.54, 1.807) is 30.3 Å². The molecule has 0 aliphatic carbocycles. The number of amides is 1. The Balaban J connectivity index is 2.03. The number of nitrogens with one attached hydrogen (secondary N) is 2. The maximum Gasteiger partial charge on any atom is 0.326 e. The lowest BCUT2D eigenvalue weighted by atomic mass is 10.1. The van der Waals surface area contributed by atoms with Crippen molar-refractivity contribution >= 4 is 11.9 Å². The topological polar surface area (TPSA) is 115 Å². The van der Waals surface area contributed by atoms with E-state index in [1.807, 2.05) is 0 Å². The van der Waals surface area contributed by atoms with Gasteiger partial charge in [0, 0.05) is 18.3 Å². The lowest BCUT2D eigenvalue weighted by Gasteiger charge is -2.17. The van der Waals surface area contributed by atoms with Crippen LogP contribution in [0.25, 0.3) is 0 Å². The third-order valence-corrected chi connectivity index (χ3v) is 2.96. The van der Waals surface area contributed by atoms with Crippen LogP contribution in [0, 0.1) is 0 Å². The predicted octanol–water partition coefficient (Wildman–Crippen LogP) is 0.255. The zero-order valence-corrected chi connectivity index (χ0v) is 11.1. The molecule has 0 bridgehead atoms. The summed E-state index contributed by atoms with van der Waals surface area (Å²) in [7, 11) is 0. The number of benzene rings is 1. The maximum atomic E-state index is 11.9. The highest BCUT2D eigenvalue weighted by molar-refractivity contribution is 5.87. The standard InChI is InChI=1S/C14H15N3O4/c18-12(9-4-2-1-3-5-9)13(19)17-11(14(20)21)6-10-7-15-8-16-10/h1-5,7-8,11-12,18H,6H2,(H,15,16)(H,17,19)(H,20,21). The van der Waals surface area contributed by atoms with Gasteiger partial charge in [-0.1, -0.05) is 30.3 Å². The van der Waals surface area contributed by atoms with E-state index in [4.69, 9.17) is 5.11 Å². The largest absolute Gasteiger partial charge is 0.480 e. The van der Waals surface area contributed by atoms with Crippen molar-refractivity contribution in [2.45, 2.75) is 18.6 Å². The zero-order chi connectivity index (χ0) is 15.2. The SMILES string of the molecule is O=C(O)C(Cc1cnc[nH]1)NC(=O)C(O)c1ccccc1. The van der Waals surface area contributed by atoms with Crippen LogP contribution in [0.4, 0.5) is 0 Å². The monoisotopic (exact) mass is 289 g/mol. The fraction of sp³-hybridized carbons (Fsp3) is 0.214. The number of aliphatic hydroxyl groups is 1. The number of rotatable bonds is 6. The average molecular weight is 289 g/mol. The van der Waals surface area contributed by atoms with Crippen LogP contribution < -0.4 is 5.32 Å². The highest BCUT2D eigenvalue weighted by Crippen LogP contribution is 2.12. The number of aromatic nitrogens is 2. The van der Waals surface area contributed by atoms with Gasteiger partial charge in [0.2, 0.25) is 0 Å². The molecule has 1 aromatic heterocycles. The van der Waals surface area contributed by atoms with Gasteiger partial charge in [0.25, 0.3) is 5.91 Å². The van der Waals surface area contributed by atoms with Gasteiger partial charge in [0.15, 0.2) is 6.10 Å². The molecule has 2 unspecified atom stereocenters. The summed E-state index contributed by atoms with van der Waals surface area (Å²) in [5.41, 5.74) is 0.984. The number of carboxylic acid groups (broad SMARTS) is 1. The second-order valence-electron chi connectivity index (χ2n) is 4.49. The Bertz CT molecular complexity index is 598. The summed E-state index contributed by atoms with van der Waals surface area (Å²) in [6, 6.07) is 7.17. The van der Waals surface area contributed by atoms with Crippen molar-refractivity contribution in [2.75, 3.05) is 0 Å². The number of nitrogens with zero attached hydrogens (tertiary/aromatic N) is 1. The first kappa shape index (κ1) is 14.7. The summed E-state index contributed by atoms with van der Waals surface area (Å²) < 4.78 is 0. The molecule has 4 N–H and O–H groups in total. The molecular formula is C14H15N3O4. The number of H-pyrrole nitrogens is 1. The quantitative estimate of drug-likeness (QED) is 0.608. The van der Waals surface area contributed by atoms with Crippen molar-refractivity contribution in [3.8, 4) is 0 Å². The van der Waals surface area contributed by atoms with Gasteiger partial charge >= 0.3 is 5.97 Å². The Hall–Kier alpha value is -2.67. The Morgan fingerprint density at radius 3 is 2.57 bits per heavy atom. The Morgan fingerprint density at radius 1 is 1.29 bits per heavy atom. The minimum Gasteiger partial charge on any atom is -0.480 e. The van der Waals surface area contributed by atoms with Gasteiger partial charge in [0.05, 0.1) is 6.33 Å². The summed E-state index contributed by atoms with van der Waals surface area (Å²) in [4.78, 5) is 29.7. The molecule has 0 radical (unpaired) electrons. The van der Waals surface area contributed by atoms with E-state index in [0.29, 0.717) is 11.3 Å². The van der Waals surface area contributed by atoms with Crippen molar-refractivity contribution in [3.63, 3.8) is 0 Å². The van der Waals surface area contributed by atoms with Crippen molar-refractivity contribution in [1.29, 1.82) is 0 Å². The smallest absolute Gasteiger partial charge is 0.326 e. The lowest BCUT2D eigenvalue weighted by Crippen LogP contribution is -2.44. The second-order valence-corrected chi connectivity index (χ2v) is 4.49. The van der Waals surface area contributed by atoms with E-state index >= 15 is 0 Å². The Labute approximate surface area is 120 Å². The molecule has 0 aliphatic heterocycles. The number of hydrogen-bond donors (Lipinski definition) is 4. The number of carboxylic acids is 1. The number of hydrogen-bond acceptors (Lipinski definition) is 4. The lowest BCUT2D eigenvalue weighted by molar-refractivity contribution is -0.143. The van der Waals surface area contributed by atoms with Crippen LogP contribution in [0.3, 0.4) is 0 Å². The van der Waals surface area contributed by atoms with E-state index in [-0.39, 0.29) is 6.42 Å². The molecule has 1 aromatic carbocycles. The van der Waals surface area contributed by atoms with E-state index < -0.39 is 24.0 Å². The van der Waals surface area contributed by atoms with Gasteiger partial charge in [-0.3, -0.25) is 4.79 Å². The van der Waals surface area contributed by atoms with Gasteiger partial charge in [-0.2, -0.15) is 0 Å². The molecule has 7 nitrogen and oxygen atoms in total. The Kier molecular flexibility index (Phi) is 4.68. The molecule has 0 saturated heterocycles. The van der Waals surface area contributed by atoms with E-state index in [9.17, 15) is 14.7 Å². The van der Waals surface area contributed by atoms with Gasteiger partial charge in [-0.25, -0.2) is 9.78 Å².